The van der Waals surface area contributed by atoms with Crippen molar-refractivity contribution in [3.63, 3.8) is 0 Å². The summed E-state index contributed by atoms with van der Waals surface area (Å²) in [5, 5.41) is 6.12. The molecule has 0 aromatic heterocycles. The van der Waals surface area contributed by atoms with E-state index in [0.717, 1.165) is 18.2 Å². The Labute approximate surface area is 149 Å². The third-order valence-corrected chi connectivity index (χ3v) is 4.02. The molecular formula is C17H23F5N4. The van der Waals surface area contributed by atoms with E-state index in [1.807, 2.05) is 6.92 Å². The number of halogens is 5. The summed E-state index contributed by atoms with van der Waals surface area (Å²) >= 11 is 0. The van der Waals surface area contributed by atoms with E-state index in [1.54, 1.807) is 0 Å². The lowest BCUT2D eigenvalue weighted by Crippen LogP contribution is -2.45. The summed E-state index contributed by atoms with van der Waals surface area (Å²) in [6.45, 7) is 2.41. The van der Waals surface area contributed by atoms with Gasteiger partial charge in [0.25, 0.3) is 0 Å². The number of nitrogens with one attached hydrogen (secondary N) is 2. The Kier molecular flexibility index (Phi) is 7.19. The highest BCUT2D eigenvalue weighted by molar-refractivity contribution is 5.80. The number of guanidine groups is 1. The van der Waals surface area contributed by atoms with Crippen LogP contribution in [0.1, 0.15) is 18.9 Å². The minimum Gasteiger partial charge on any atom is -0.357 e. The molecule has 1 fully saturated rings. The van der Waals surface area contributed by atoms with Crippen molar-refractivity contribution in [2.75, 3.05) is 32.7 Å². The minimum atomic E-state index is -4.21. The molecule has 0 saturated carbocycles. The van der Waals surface area contributed by atoms with E-state index in [4.69, 9.17) is 0 Å². The van der Waals surface area contributed by atoms with Crippen LogP contribution in [0.25, 0.3) is 0 Å². The summed E-state index contributed by atoms with van der Waals surface area (Å²) in [7, 11) is 0. The van der Waals surface area contributed by atoms with Crippen LogP contribution < -0.4 is 10.6 Å². The Morgan fingerprint density at radius 2 is 2.08 bits per heavy atom. The monoisotopic (exact) mass is 378 g/mol. The van der Waals surface area contributed by atoms with Crippen LogP contribution in [0, 0.1) is 11.6 Å². The van der Waals surface area contributed by atoms with Crippen LogP contribution in [0.3, 0.4) is 0 Å². The first-order valence-electron chi connectivity index (χ1n) is 8.54. The number of rotatable bonds is 6. The molecule has 0 bridgehead atoms. The lowest BCUT2D eigenvalue weighted by molar-refractivity contribution is -0.143. The zero-order valence-corrected chi connectivity index (χ0v) is 14.5. The van der Waals surface area contributed by atoms with Gasteiger partial charge in [0.05, 0.1) is 6.54 Å². The largest absolute Gasteiger partial charge is 0.401 e. The molecule has 0 amide bonds. The van der Waals surface area contributed by atoms with Gasteiger partial charge in [0.2, 0.25) is 0 Å². The van der Waals surface area contributed by atoms with Gasteiger partial charge in [0.1, 0.15) is 11.6 Å². The number of aliphatic imine (C=N–C) groups is 1. The molecule has 0 spiro atoms. The maximum atomic E-state index is 13.6. The van der Waals surface area contributed by atoms with Crippen molar-refractivity contribution >= 4 is 5.96 Å². The molecule has 2 N–H and O–H groups in total. The molecule has 0 aliphatic carbocycles. The van der Waals surface area contributed by atoms with Gasteiger partial charge in [0.15, 0.2) is 5.96 Å². The lowest BCUT2D eigenvalue weighted by Gasteiger charge is -2.19. The molecule has 1 atom stereocenters. The highest BCUT2D eigenvalue weighted by Gasteiger charge is 2.34. The minimum absolute atomic E-state index is 0.138. The molecule has 1 aliphatic heterocycles. The first-order chi connectivity index (χ1) is 12.3. The van der Waals surface area contributed by atoms with Gasteiger partial charge in [-0.05, 0) is 43.5 Å². The summed E-state index contributed by atoms with van der Waals surface area (Å²) in [6.07, 6.45) is -3.40. The number of likely N-dealkylation sites (tertiary alicyclic amines) is 1. The molecule has 1 aromatic rings. The van der Waals surface area contributed by atoms with Crippen LogP contribution in [-0.2, 0) is 6.42 Å². The van der Waals surface area contributed by atoms with E-state index in [1.165, 1.54) is 4.90 Å². The molecule has 26 heavy (non-hydrogen) atoms. The average molecular weight is 378 g/mol. The van der Waals surface area contributed by atoms with Crippen LogP contribution in [-0.4, -0.2) is 55.8 Å². The number of hydrogen-bond donors (Lipinski definition) is 2. The summed E-state index contributed by atoms with van der Waals surface area (Å²) < 4.78 is 64.1. The molecule has 1 heterocycles. The Balaban J connectivity index is 1.88. The summed E-state index contributed by atoms with van der Waals surface area (Å²) in [4.78, 5) is 5.66. The predicted octanol–water partition coefficient (Wildman–Crippen LogP) is 2.70. The molecule has 9 heteroatoms. The third kappa shape index (κ3) is 6.78. The second-order valence-electron chi connectivity index (χ2n) is 6.23. The Morgan fingerprint density at radius 3 is 2.77 bits per heavy atom. The van der Waals surface area contributed by atoms with Crippen LogP contribution in [0.5, 0.6) is 0 Å². The maximum absolute atomic E-state index is 13.6. The van der Waals surface area contributed by atoms with Gasteiger partial charge in [-0.2, -0.15) is 13.2 Å². The standard InChI is InChI=1S/C17H23F5N4/c1-2-23-16(24-7-5-12-9-13(18)3-4-15(12)19)25-14-6-8-26(10-14)11-17(20,21)22/h3-4,9,14H,2,5-8,10-11H2,1H3,(H2,23,24,25). The Bertz CT molecular complexity index is 618. The molecule has 1 aliphatic rings. The summed E-state index contributed by atoms with van der Waals surface area (Å²) in [5.74, 6) is -0.535. The first-order valence-corrected chi connectivity index (χ1v) is 8.54. The Morgan fingerprint density at radius 1 is 1.31 bits per heavy atom. The zero-order chi connectivity index (χ0) is 19.2. The topological polar surface area (TPSA) is 39.7 Å². The van der Waals surface area contributed by atoms with Gasteiger partial charge >= 0.3 is 6.18 Å². The predicted molar refractivity (Wildman–Crippen MR) is 90.1 cm³/mol. The van der Waals surface area contributed by atoms with E-state index < -0.39 is 24.4 Å². The Hall–Kier alpha value is -1.90. The molecule has 0 radical (unpaired) electrons. The number of benzene rings is 1. The highest BCUT2D eigenvalue weighted by atomic mass is 19.4. The first kappa shape index (κ1) is 20.4. The van der Waals surface area contributed by atoms with Crippen LogP contribution in [0.2, 0.25) is 0 Å². The van der Waals surface area contributed by atoms with Crippen molar-refractivity contribution in [2.45, 2.75) is 32.0 Å². The van der Waals surface area contributed by atoms with Gasteiger partial charge < -0.3 is 10.6 Å². The third-order valence-electron chi connectivity index (χ3n) is 4.02. The van der Waals surface area contributed by atoms with E-state index in [-0.39, 0.29) is 31.1 Å². The number of hydrogen-bond acceptors (Lipinski definition) is 2. The molecule has 1 aromatic carbocycles. The van der Waals surface area contributed by atoms with Gasteiger partial charge in [-0.3, -0.25) is 9.89 Å². The van der Waals surface area contributed by atoms with E-state index in [2.05, 4.69) is 15.6 Å². The van der Waals surface area contributed by atoms with Crippen LogP contribution in [0.15, 0.2) is 23.2 Å². The fourth-order valence-electron chi connectivity index (χ4n) is 2.88. The highest BCUT2D eigenvalue weighted by Crippen LogP contribution is 2.20. The molecule has 1 unspecified atom stereocenters. The summed E-state index contributed by atoms with van der Waals surface area (Å²) in [6, 6.07) is 3.13. The van der Waals surface area contributed by atoms with E-state index >= 15 is 0 Å². The van der Waals surface area contributed by atoms with Crippen LogP contribution >= 0.6 is 0 Å². The van der Waals surface area contributed by atoms with Crippen LogP contribution in [0.4, 0.5) is 22.0 Å². The molecule has 2 rings (SSSR count). The van der Waals surface area contributed by atoms with Crippen molar-refractivity contribution < 1.29 is 22.0 Å². The molecule has 4 nitrogen and oxygen atoms in total. The second-order valence-corrected chi connectivity index (χ2v) is 6.23. The number of nitrogens with zero attached hydrogens (tertiary/aromatic N) is 2. The number of alkyl halides is 3. The van der Waals surface area contributed by atoms with Gasteiger partial charge in [-0.1, -0.05) is 0 Å². The second kappa shape index (κ2) is 9.16. The maximum Gasteiger partial charge on any atom is 0.401 e. The van der Waals surface area contributed by atoms with Gasteiger partial charge in [0, 0.05) is 32.2 Å². The van der Waals surface area contributed by atoms with Crippen molar-refractivity contribution in [1.29, 1.82) is 0 Å². The summed E-state index contributed by atoms with van der Waals surface area (Å²) in [5.41, 5.74) is 0.238. The van der Waals surface area contributed by atoms with Crippen molar-refractivity contribution in [1.82, 2.24) is 15.5 Å². The van der Waals surface area contributed by atoms with E-state index in [9.17, 15) is 22.0 Å². The molecule has 146 valence electrons. The zero-order valence-electron chi connectivity index (χ0n) is 14.5. The van der Waals surface area contributed by atoms with Crippen molar-refractivity contribution in [2.24, 2.45) is 4.99 Å². The van der Waals surface area contributed by atoms with E-state index in [0.29, 0.717) is 25.5 Å². The van der Waals surface area contributed by atoms with Gasteiger partial charge in [-0.15, -0.1) is 0 Å². The van der Waals surface area contributed by atoms with Gasteiger partial charge in [-0.25, -0.2) is 8.78 Å². The van der Waals surface area contributed by atoms with Crippen molar-refractivity contribution in [3.8, 4) is 0 Å². The molecular weight excluding hydrogens is 355 g/mol. The molecule has 1 saturated heterocycles. The quantitative estimate of drug-likeness (QED) is 0.454. The fourth-order valence-corrected chi connectivity index (χ4v) is 2.88. The smallest absolute Gasteiger partial charge is 0.357 e. The average Bonchev–Trinajstić information content (AvgIpc) is 2.95. The van der Waals surface area contributed by atoms with Crippen molar-refractivity contribution in [3.05, 3.63) is 35.4 Å². The lowest BCUT2D eigenvalue weighted by atomic mass is 10.1. The fraction of sp³-hybridized carbons (Fsp3) is 0.588. The normalized spacial score (nSPS) is 19.0. The SMILES string of the molecule is CCNC(=NCCc1cc(F)ccc1F)NC1CCN(CC(F)(F)F)C1.